The van der Waals surface area contributed by atoms with Crippen LogP contribution >= 0.6 is 0 Å². The maximum atomic E-state index is 14.3. The molecule has 5 aromatic rings. The molecule has 3 aliphatic heterocycles. The van der Waals surface area contributed by atoms with Crippen molar-refractivity contribution in [3.05, 3.63) is 83.8 Å². The number of nitrogens with zero attached hydrogens (tertiary/aromatic N) is 5. The quantitative estimate of drug-likeness (QED) is 0.0662. The molecule has 6 heterocycles. The number of likely N-dealkylation sites (tertiary alicyclic amines) is 1. The van der Waals surface area contributed by atoms with Crippen LogP contribution < -0.4 is 14.8 Å². The lowest BCUT2D eigenvalue weighted by atomic mass is 9.81. The van der Waals surface area contributed by atoms with Crippen molar-refractivity contribution in [2.75, 3.05) is 26.2 Å². The van der Waals surface area contributed by atoms with E-state index in [0.717, 1.165) is 73.7 Å². The number of halogens is 5. The minimum absolute atomic E-state index is 0.0568. The van der Waals surface area contributed by atoms with E-state index < -0.39 is 53.8 Å². The van der Waals surface area contributed by atoms with Gasteiger partial charge in [0.05, 0.1) is 28.8 Å². The Bertz CT molecular complexity index is 2580. The second kappa shape index (κ2) is 17.3. The summed E-state index contributed by atoms with van der Waals surface area (Å²) >= 11 is 0. The lowest BCUT2D eigenvalue weighted by Gasteiger charge is -2.40. The molecule has 0 spiro atoms. The molecule has 1 atom stereocenters. The maximum absolute atomic E-state index is 14.3. The first-order valence-corrected chi connectivity index (χ1v) is 21.4. The average Bonchev–Trinajstić information content (AvgIpc) is 3.71. The number of pyridine rings is 2. The maximum Gasteiger partial charge on any atom is 0.421 e. The van der Waals surface area contributed by atoms with Crippen LogP contribution in [0, 0.1) is 11.8 Å². The summed E-state index contributed by atoms with van der Waals surface area (Å²) in [6.07, 6.45) is 6.63. The third-order valence-corrected chi connectivity index (χ3v) is 12.9. The fourth-order valence-corrected chi connectivity index (χ4v) is 9.53. The van der Waals surface area contributed by atoms with Gasteiger partial charge in [0.1, 0.15) is 23.5 Å². The van der Waals surface area contributed by atoms with E-state index in [-0.39, 0.29) is 46.7 Å². The number of rotatable bonds is 14. The van der Waals surface area contributed by atoms with Crippen LogP contribution in [0.3, 0.4) is 0 Å². The molecule has 1 saturated carbocycles. The number of benzene rings is 2. The zero-order valence-corrected chi connectivity index (χ0v) is 34.2. The van der Waals surface area contributed by atoms with Crippen LogP contribution in [0.25, 0.3) is 32.9 Å². The number of imide groups is 2. The summed E-state index contributed by atoms with van der Waals surface area (Å²) in [5.74, 6) is -1.27. The van der Waals surface area contributed by atoms with Crippen molar-refractivity contribution in [2.24, 2.45) is 11.8 Å². The van der Waals surface area contributed by atoms with Crippen molar-refractivity contribution in [3.63, 3.8) is 0 Å². The zero-order chi connectivity index (χ0) is 44.0. The van der Waals surface area contributed by atoms with Gasteiger partial charge in [0.2, 0.25) is 17.7 Å². The molecule has 2 saturated heterocycles. The number of fused-ring (bicyclic) bond motifs is 4. The Morgan fingerprint density at radius 1 is 0.810 bits per heavy atom. The van der Waals surface area contributed by atoms with Crippen molar-refractivity contribution in [2.45, 2.75) is 89.1 Å². The van der Waals surface area contributed by atoms with Gasteiger partial charge in [0, 0.05) is 47.9 Å². The fourth-order valence-electron chi connectivity index (χ4n) is 9.53. The van der Waals surface area contributed by atoms with Gasteiger partial charge in [-0.2, -0.15) is 22.0 Å². The van der Waals surface area contributed by atoms with E-state index in [1.165, 1.54) is 42.9 Å². The van der Waals surface area contributed by atoms with Gasteiger partial charge in [-0.15, -0.1) is 0 Å². The Hall–Kier alpha value is -5.97. The third-order valence-electron chi connectivity index (χ3n) is 12.9. The van der Waals surface area contributed by atoms with Crippen LogP contribution in [0.15, 0.2) is 67.1 Å². The molecule has 3 aromatic heterocycles. The standard InChI is InChI=1S/C46H45F5N6O6/c47-45(48)56-37-11-14-52-24-35(37)32-7-5-28(21-39(32)56)29-20-36(46(49,50)51)42(53-23-29)63-31-18-27(19-31)25-55-15-12-26(13-16-55)4-2-1-3-17-62-30-6-8-33-34(22-30)44(61)57(43(33)60)38-9-10-40(58)54-41(38)59/h5-8,11,14,20-24,26-27,31,38,45H,1-4,9-10,12-13,15-19,25H2,(H,54,58,59)/t27-,31-,38?. The molecule has 3 fully saturated rings. The predicted octanol–water partition coefficient (Wildman–Crippen LogP) is 8.58. The van der Waals surface area contributed by atoms with E-state index in [0.29, 0.717) is 53.4 Å². The van der Waals surface area contributed by atoms with Crippen LogP contribution in [0.1, 0.15) is 97.0 Å². The van der Waals surface area contributed by atoms with Crippen molar-refractivity contribution in [3.8, 4) is 22.8 Å². The number of amides is 4. The van der Waals surface area contributed by atoms with Crippen molar-refractivity contribution < 1.29 is 50.6 Å². The molecule has 0 bridgehead atoms. The first-order valence-electron chi connectivity index (χ1n) is 21.4. The molecule has 0 radical (unpaired) electrons. The summed E-state index contributed by atoms with van der Waals surface area (Å²) in [5.41, 5.74) is 0.312. The summed E-state index contributed by atoms with van der Waals surface area (Å²) < 4.78 is 83.9. The van der Waals surface area contributed by atoms with E-state index in [1.807, 2.05) is 0 Å². The summed E-state index contributed by atoms with van der Waals surface area (Å²) in [4.78, 5) is 61.4. The largest absolute Gasteiger partial charge is 0.494 e. The van der Waals surface area contributed by atoms with E-state index in [1.54, 1.807) is 18.2 Å². The van der Waals surface area contributed by atoms with Crippen LogP contribution in [-0.2, 0) is 15.8 Å². The molecule has 63 heavy (non-hydrogen) atoms. The topological polar surface area (TPSA) is 136 Å². The van der Waals surface area contributed by atoms with E-state index in [9.17, 15) is 41.1 Å². The molecule has 12 nitrogen and oxygen atoms in total. The number of nitrogens with one attached hydrogen (secondary N) is 1. The summed E-state index contributed by atoms with van der Waals surface area (Å²) in [6, 6.07) is 10.8. The minimum Gasteiger partial charge on any atom is -0.494 e. The molecule has 9 rings (SSSR count). The number of piperidine rings is 2. The molecular weight excluding hydrogens is 828 g/mol. The normalized spacial score (nSPS) is 21.0. The predicted molar refractivity (Wildman–Crippen MR) is 220 cm³/mol. The number of carbonyl (C=O) groups excluding carboxylic acids is 4. The van der Waals surface area contributed by atoms with E-state index >= 15 is 0 Å². The van der Waals surface area contributed by atoms with Crippen molar-refractivity contribution in [1.82, 2.24) is 29.7 Å². The highest BCUT2D eigenvalue weighted by Gasteiger charge is 2.45. The van der Waals surface area contributed by atoms with Crippen LogP contribution in [-0.4, -0.2) is 86.4 Å². The van der Waals surface area contributed by atoms with Crippen molar-refractivity contribution >= 4 is 45.4 Å². The highest BCUT2D eigenvalue weighted by Crippen LogP contribution is 2.42. The zero-order valence-electron chi connectivity index (χ0n) is 34.2. The van der Waals surface area contributed by atoms with Gasteiger partial charge in [0.25, 0.3) is 11.8 Å². The second-order valence-corrected chi connectivity index (χ2v) is 17.0. The Morgan fingerprint density at radius 2 is 1.60 bits per heavy atom. The molecule has 1 unspecified atom stereocenters. The minimum atomic E-state index is -4.74. The summed E-state index contributed by atoms with van der Waals surface area (Å²) in [5, 5.41) is 3.24. The monoisotopic (exact) mass is 872 g/mol. The van der Waals surface area contributed by atoms with Crippen LogP contribution in [0.4, 0.5) is 22.0 Å². The summed E-state index contributed by atoms with van der Waals surface area (Å²) in [7, 11) is 0. The number of hydrogen-bond acceptors (Lipinski definition) is 9. The lowest BCUT2D eigenvalue weighted by Crippen LogP contribution is -2.54. The first-order chi connectivity index (χ1) is 30.3. The third kappa shape index (κ3) is 8.59. The van der Waals surface area contributed by atoms with Crippen LogP contribution in [0.2, 0.25) is 0 Å². The van der Waals surface area contributed by atoms with Gasteiger partial charge in [-0.25, -0.2) is 4.98 Å². The lowest BCUT2D eigenvalue weighted by molar-refractivity contribution is -0.140. The SMILES string of the molecule is O=C1CCC(N2C(=O)c3ccc(OCCCCCC4CCN(C[C@H]5C[C@H](Oc6ncc(-c7ccc8c9cnccc9n(C(F)F)c8c7)cc6C(F)(F)F)C5)CC4)cc3C2=O)C(=O)N1. The molecule has 1 N–H and O–H groups in total. The van der Waals surface area contributed by atoms with E-state index in [2.05, 4.69) is 20.2 Å². The number of alkyl halides is 5. The molecule has 4 aliphatic rings. The number of unbranched alkanes of at least 4 members (excludes halogenated alkanes) is 2. The van der Waals surface area contributed by atoms with Gasteiger partial charge in [0.15, 0.2) is 0 Å². The molecule has 17 heteroatoms. The van der Waals surface area contributed by atoms with Crippen molar-refractivity contribution in [1.29, 1.82) is 0 Å². The molecular formula is C46H45F5N6O6. The smallest absolute Gasteiger partial charge is 0.421 e. The van der Waals surface area contributed by atoms with Gasteiger partial charge in [-0.05, 0) is 105 Å². The molecule has 2 aromatic carbocycles. The fraction of sp³-hybridized carbons (Fsp3) is 0.435. The molecule has 4 amide bonds. The van der Waals surface area contributed by atoms with Gasteiger partial charge < -0.3 is 14.4 Å². The Labute approximate surface area is 358 Å². The summed E-state index contributed by atoms with van der Waals surface area (Å²) in [6.45, 7) is 0.401. The van der Waals surface area contributed by atoms with Gasteiger partial charge in [-0.3, -0.25) is 38.9 Å². The first kappa shape index (κ1) is 42.3. The average molecular weight is 873 g/mol. The Morgan fingerprint density at radius 3 is 2.37 bits per heavy atom. The number of aromatic nitrogens is 3. The number of carbonyl (C=O) groups is 4. The van der Waals surface area contributed by atoms with Gasteiger partial charge in [-0.1, -0.05) is 31.4 Å². The van der Waals surface area contributed by atoms with Gasteiger partial charge >= 0.3 is 12.7 Å². The van der Waals surface area contributed by atoms with E-state index in [4.69, 9.17) is 9.47 Å². The molecule has 330 valence electrons. The second-order valence-electron chi connectivity index (χ2n) is 17.0. The highest BCUT2D eigenvalue weighted by molar-refractivity contribution is 6.23. The molecule has 1 aliphatic carbocycles. The number of hydrogen-bond donors (Lipinski definition) is 1. The highest BCUT2D eigenvalue weighted by atomic mass is 19.4. The Kier molecular flexibility index (Phi) is 11.6. The Balaban J connectivity index is 0.694. The number of ether oxygens (including phenoxy) is 2. The van der Waals surface area contributed by atoms with Crippen LogP contribution in [0.5, 0.6) is 11.6 Å².